The first-order valence-electron chi connectivity index (χ1n) is 9.09. The molecule has 0 spiro atoms. The normalized spacial score (nSPS) is 16.6. The molecule has 2 rings (SSSR count). The first-order chi connectivity index (χ1) is 13.8. The molecule has 1 aromatic rings. The number of phenols is 1. The third kappa shape index (κ3) is 5.55. The fraction of sp³-hybridized carbons (Fsp3) is 0.350. The number of amides is 1. The van der Waals surface area contributed by atoms with Crippen molar-refractivity contribution in [3.05, 3.63) is 39.0 Å². The third-order valence-corrected chi connectivity index (χ3v) is 5.02. The summed E-state index contributed by atoms with van der Waals surface area (Å²) in [6.07, 6.45) is 2.39. The van der Waals surface area contributed by atoms with E-state index in [1.165, 1.54) is 6.07 Å². The van der Waals surface area contributed by atoms with Crippen molar-refractivity contribution in [1.82, 2.24) is 0 Å². The Kier molecular flexibility index (Phi) is 8.16. The summed E-state index contributed by atoms with van der Waals surface area (Å²) in [7, 11) is 0. The van der Waals surface area contributed by atoms with Crippen molar-refractivity contribution in [1.29, 1.82) is 0 Å². The number of phenolic OH excluding ortho intramolecular Hbond substituents is 1. The van der Waals surface area contributed by atoms with Gasteiger partial charge in [0.1, 0.15) is 16.4 Å². The molecule has 0 radical (unpaired) electrons. The molecule has 0 fully saturated rings. The van der Waals surface area contributed by atoms with Crippen LogP contribution in [0.3, 0.4) is 0 Å². The first-order valence-corrected chi connectivity index (χ1v) is 10.3. The summed E-state index contributed by atoms with van der Waals surface area (Å²) in [6, 6.07) is 3.04. The summed E-state index contributed by atoms with van der Waals surface area (Å²) in [5.74, 6) is -1.48. The Morgan fingerprint density at radius 1 is 1.21 bits per heavy atom. The topological polar surface area (TPSA) is 105 Å². The Hall–Kier alpha value is -2.45. The van der Waals surface area contributed by atoms with Crippen LogP contribution in [0.5, 0.6) is 11.5 Å². The largest absolute Gasteiger partial charge is 0.506 e. The Labute approximate surface area is 178 Å². The maximum Gasteiger partial charge on any atom is 0.344 e. The Morgan fingerprint density at radius 3 is 2.55 bits per heavy atom. The Bertz CT molecular complexity index is 906. The minimum atomic E-state index is -0.761. The number of carbonyl (C=O) groups is 2. The number of ether oxygens (including phenoxy) is 2. The molecule has 1 aliphatic heterocycles. The van der Waals surface area contributed by atoms with E-state index in [9.17, 15) is 19.8 Å². The summed E-state index contributed by atoms with van der Waals surface area (Å²) in [6.45, 7) is 5.69. The molecule has 1 aromatic carbocycles. The van der Waals surface area contributed by atoms with E-state index < -0.39 is 11.9 Å². The van der Waals surface area contributed by atoms with Crippen LogP contribution in [0.25, 0.3) is 6.08 Å². The highest BCUT2D eigenvalue weighted by atomic mass is 35.5. The monoisotopic (exact) mass is 439 g/mol. The molecular formula is C20H22ClNO6S. The molecule has 2 N–H and O–H groups in total. The van der Waals surface area contributed by atoms with E-state index in [4.69, 9.17) is 21.1 Å². The van der Waals surface area contributed by atoms with Gasteiger partial charge in [-0.05, 0) is 44.0 Å². The number of hydrogen-bond acceptors (Lipinski definition) is 7. The zero-order valence-electron chi connectivity index (χ0n) is 16.3. The van der Waals surface area contributed by atoms with Crippen LogP contribution in [0, 0.1) is 0 Å². The third-order valence-electron chi connectivity index (χ3n) is 3.71. The number of esters is 1. The number of hydrogen-bond donors (Lipinski definition) is 2. The second kappa shape index (κ2) is 10.4. The van der Waals surface area contributed by atoms with Gasteiger partial charge in [0, 0.05) is 6.42 Å². The Morgan fingerprint density at radius 2 is 1.93 bits per heavy atom. The summed E-state index contributed by atoms with van der Waals surface area (Å²) in [5, 5.41) is 20.7. The van der Waals surface area contributed by atoms with Gasteiger partial charge in [-0.1, -0.05) is 30.3 Å². The zero-order chi connectivity index (χ0) is 21.6. The summed E-state index contributed by atoms with van der Waals surface area (Å²) in [4.78, 5) is 28.5. The second-order valence-corrected chi connectivity index (χ2v) is 7.34. The molecule has 0 bridgehead atoms. The number of aliphatic imine (C=N–C) groups is 1. The highest BCUT2D eigenvalue weighted by Gasteiger charge is 2.33. The van der Waals surface area contributed by atoms with Gasteiger partial charge in [-0.15, -0.1) is 0 Å². The number of aliphatic hydroxyl groups excluding tert-OH is 1. The number of rotatable bonds is 7. The van der Waals surface area contributed by atoms with Crippen molar-refractivity contribution >= 4 is 46.4 Å². The van der Waals surface area contributed by atoms with E-state index in [2.05, 4.69) is 4.99 Å². The van der Waals surface area contributed by atoms with Gasteiger partial charge in [0.15, 0.2) is 11.5 Å². The van der Waals surface area contributed by atoms with E-state index in [1.54, 1.807) is 26.0 Å². The van der Waals surface area contributed by atoms with Crippen molar-refractivity contribution in [2.75, 3.05) is 13.2 Å². The first kappa shape index (κ1) is 22.8. The van der Waals surface area contributed by atoms with Gasteiger partial charge in [-0.25, -0.2) is 9.79 Å². The van der Waals surface area contributed by atoms with Crippen LogP contribution >= 0.6 is 23.4 Å². The minimum absolute atomic E-state index is 0.0758. The van der Waals surface area contributed by atoms with E-state index in [0.717, 1.165) is 11.8 Å². The highest BCUT2D eigenvalue weighted by molar-refractivity contribution is 8.18. The summed E-state index contributed by atoms with van der Waals surface area (Å²) in [5.41, 5.74) is 0.372. The molecular weight excluding hydrogens is 418 g/mol. The quantitative estimate of drug-likeness (QED) is 0.596. The van der Waals surface area contributed by atoms with Crippen molar-refractivity contribution < 1.29 is 29.3 Å². The van der Waals surface area contributed by atoms with Crippen molar-refractivity contribution in [3.8, 4) is 11.5 Å². The maximum atomic E-state index is 12.3. The average Bonchev–Trinajstić information content (AvgIpc) is 2.94. The molecule has 7 nitrogen and oxygen atoms in total. The standard InChI is InChI=1S/C20H22ClNO6S/c1-4-7-15(23)22-19-16(20(26)28-6-3)18(25)14(29-19)10-11-8-12(21)17(24)13(9-11)27-5-2/h8-10,24-25H,4-7H2,1-3H3/b14-10-,22-19?. The molecule has 1 heterocycles. The molecule has 0 unspecified atom stereocenters. The van der Waals surface area contributed by atoms with Crippen LogP contribution < -0.4 is 4.74 Å². The maximum absolute atomic E-state index is 12.3. The lowest BCUT2D eigenvalue weighted by Crippen LogP contribution is -2.14. The fourth-order valence-corrected chi connectivity index (χ4v) is 3.72. The van der Waals surface area contributed by atoms with Gasteiger partial charge in [-0.2, -0.15) is 0 Å². The fourth-order valence-electron chi connectivity index (χ4n) is 2.47. The van der Waals surface area contributed by atoms with E-state index in [1.807, 2.05) is 6.92 Å². The van der Waals surface area contributed by atoms with Crippen LogP contribution in [0.4, 0.5) is 0 Å². The van der Waals surface area contributed by atoms with Crippen molar-refractivity contribution in [2.24, 2.45) is 4.99 Å². The van der Waals surface area contributed by atoms with Crippen LogP contribution in [-0.4, -0.2) is 40.3 Å². The van der Waals surface area contributed by atoms with Gasteiger partial charge in [0.05, 0.1) is 23.1 Å². The van der Waals surface area contributed by atoms with Gasteiger partial charge in [0.25, 0.3) is 0 Å². The lowest BCUT2D eigenvalue weighted by Gasteiger charge is -2.09. The molecule has 9 heteroatoms. The molecule has 0 aromatic heterocycles. The summed E-state index contributed by atoms with van der Waals surface area (Å²) >= 11 is 7.02. The van der Waals surface area contributed by atoms with Crippen LogP contribution in [0.1, 0.15) is 39.2 Å². The van der Waals surface area contributed by atoms with Crippen molar-refractivity contribution in [2.45, 2.75) is 33.6 Å². The molecule has 156 valence electrons. The number of nitrogens with zero attached hydrogens (tertiary/aromatic N) is 1. The molecule has 0 saturated carbocycles. The summed E-state index contributed by atoms with van der Waals surface area (Å²) < 4.78 is 10.3. The molecule has 0 atom stereocenters. The van der Waals surface area contributed by atoms with Gasteiger partial charge in [0.2, 0.25) is 5.91 Å². The van der Waals surface area contributed by atoms with E-state index in [0.29, 0.717) is 23.5 Å². The second-order valence-electron chi connectivity index (χ2n) is 5.90. The number of benzene rings is 1. The number of halogens is 1. The highest BCUT2D eigenvalue weighted by Crippen LogP contribution is 2.41. The molecule has 0 saturated heterocycles. The van der Waals surface area contributed by atoms with Crippen LogP contribution in [0.15, 0.2) is 33.4 Å². The average molecular weight is 440 g/mol. The predicted molar refractivity (Wildman–Crippen MR) is 113 cm³/mol. The number of thioether (sulfide) groups is 1. The smallest absolute Gasteiger partial charge is 0.344 e. The van der Waals surface area contributed by atoms with E-state index in [-0.39, 0.29) is 45.9 Å². The molecule has 0 aliphatic carbocycles. The van der Waals surface area contributed by atoms with Crippen molar-refractivity contribution in [3.63, 3.8) is 0 Å². The van der Waals surface area contributed by atoms with E-state index >= 15 is 0 Å². The number of carbonyl (C=O) groups excluding carboxylic acids is 2. The Balaban J connectivity index is 2.50. The van der Waals surface area contributed by atoms with Gasteiger partial charge >= 0.3 is 5.97 Å². The predicted octanol–water partition coefficient (Wildman–Crippen LogP) is 4.63. The number of aliphatic hydroxyl groups is 1. The van der Waals surface area contributed by atoms with Crippen LogP contribution in [-0.2, 0) is 14.3 Å². The molecule has 1 aliphatic rings. The minimum Gasteiger partial charge on any atom is -0.506 e. The van der Waals surface area contributed by atoms with Gasteiger partial charge < -0.3 is 19.7 Å². The van der Waals surface area contributed by atoms with Gasteiger partial charge in [-0.3, -0.25) is 4.79 Å². The lowest BCUT2D eigenvalue weighted by atomic mass is 10.1. The van der Waals surface area contributed by atoms with Crippen LogP contribution in [0.2, 0.25) is 5.02 Å². The molecule has 29 heavy (non-hydrogen) atoms. The number of aromatic hydroxyl groups is 1. The molecule has 1 amide bonds. The lowest BCUT2D eigenvalue weighted by molar-refractivity contribution is -0.138. The zero-order valence-corrected chi connectivity index (χ0v) is 17.9. The SMILES string of the molecule is CCCC(=O)N=C1S/C(=C\c2cc(Cl)c(O)c(OCC)c2)C(O)=C1C(=O)OCC.